The largest absolute Gasteiger partial charge is 0.479 e. The van der Waals surface area contributed by atoms with Crippen molar-refractivity contribution in [3.63, 3.8) is 0 Å². The summed E-state index contributed by atoms with van der Waals surface area (Å²) >= 11 is 17.2. The summed E-state index contributed by atoms with van der Waals surface area (Å²) in [6, 6.07) is 6.49. The number of carbonyl (C=O) groups is 1. The van der Waals surface area contributed by atoms with E-state index < -0.39 is 17.7 Å². The number of aliphatic carboxylic acids is 1. The monoisotopic (exact) mass is 435 g/mol. The molecule has 2 rings (SSSR count). The van der Waals surface area contributed by atoms with E-state index >= 15 is 0 Å². The molecular weight excluding hydrogens is 417 g/mol. The maximum absolute atomic E-state index is 10.4. The van der Waals surface area contributed by atoms with Gasteiger partial charge in [0.05, 0.1) is 10.7 Å². The van der Waals surface area contributed by atoms with Crippen LogP contribution in [0.5, 0.6) is 0 Å². The minimum absolute atomic E-state index is 0.0227. The van der Waals surface area contributed by atoms with Gasteiger partial charge in [0, 0.05) is 6.04 Å². The molecule has 12 heteroatoms. The maximum atomic E-state index is 10.4. The number of carboxylic acid groups (broad SMARTS) is 1. The van der Waals surface area contributed by atoms with Crippen LogP contribution in [0.4, 0.5) is 11.6 Å². The number of halogens is 3. The molecule has 0 aliphatic rings. The first kappa shape index (κ1) is 23.3. The highest BCUT2D eigenvalue weighted by Crippen LogP contribution is 2.23. The lowest BCUT2D eigenvalue weighted by atomic mass is 9.99. The first-order valence-corrected chi connectivity index (χ1v) is 8.86. The van der Waals surface area contributed by atoms with Gasteiger partial charge in [-0.15, -0.1) is 0 Å². The highest BCUT2D eigenvalue weighted by molar-refractivity contribution is 6.33. The fraction of sp³-hybridized carbons (Fsp3) is 0.333. The van der Waals surface area contributed by atoms with E-state index in [0.29, 0.717) is 17.1 Å². The predicted molar refractivity (Wildman–Crippen MR) is 106 cm³/mol. The normalized spacial score (nSPS) is 12.0. The molecule has 0 amide bonds. The summed E-state index contributed by atoms with van der Waals surface area (Å²) in [6.45, 7) is 1.89. The van der Waals surface area contributed by atoms with Crippen LogP contribution in [-0.2, 0) is 4.79 Å². The summed E-state index contributed by atoms with van der Waals surface area (Å²) in [6.07, 6.45) is 1.28. The molecule has 148 valence electrons. The number of hydrogen-bond donors (Lipinski definition) is 5. The Kier molecular flexibility index (Phi) is 9.10. The van der Waals surface area contributed by atoms with Crippen molar-refractivity contribution >= 4 is 52.4 Å². The second-order valence-electron chi connectivity index (χ2n) is 5.44. The third-order valence-electron chi connectivity index (χ3n) is 3.28. The lowest BCUT2D eigenvalue weighted by Crippen LogP contribution is -2.67. The molecule has 1 atom stereocenters. The van der Waals surface area contributed by atoms with Gasteiger partial charge in [-0.2, -0.15) is 15.0 Å². The van der Waals surface area contributed by atoms with E-state index in [-0.39, 0.29) is 16.5 Å². The topological polar surface area (TPSA) is 166 Å². The number of nitrogens with one attached hydrogen (secondary N) is 1. The zero-order valence-electron chi connectivity index (χ0n) is 14.4. The fourth-order valence-corrected chi connectivity index (χ4v) is 2.32. The number of aromatic nitrogens is 3. The van der Waals surface area contributed by atoms with Gasteiger partial charge >= 0.3 is 5.97 Å². The van der Waals surface area contributed by atoms with E-state index in [1.807, 2.05) is 19.1 Å². The molecular formula is C15H20Cl3N7O2. The molecule has 1 aromatic carbocycles. The molecule has 27 heavy (non-hydrogen) atoms. The Morgan fingerprint density at radius 2 is 1.74 bits per heavy atom. The third-order valence-corrected chi connectivity index (χ3v) is 3.95. The van der Waals surface area contributed by atoms with Crippen molar-refractivity contribution in [1.82, 2.24) is 15.0 Å². The smallest absolute Gasteiger partial charge is 0.340 e. The molecule has 2 aromatic rings. The van der Waals surface area contributed by atoms with Gasteiger partial charge in [-0.25, -0.2) is 4.79 Å². The molecule has 0 saturated carbocycles. The molecule has 0 radical (unpaired) electrons. The number of nitrogens with two attached hydrogens (primary N) is 3. The van der Waals surface area contributed by atoms with Crippen molar-refractivity contribution in [3.05, 3.63) is 39.9 Å². The lowest BCUT2D eigenvalue weighted by molar-refractivity contribution is -0.144. The zero-order valence-corrected chi connectivity index (χ0v) is 16.6. The van der Waals surface area contributed by atoms with Crippen LogP contribution in [0.3, 0.4) is 0 Å². The molecule has 0 bridgehead atoms. The van der Waals surface area contributed by atoms with E-state index in [2.05, 4.69) is 20.3 Å². The first-order chi connectivity index (χ1) is 12.6. The van der Waals surface area contributed by atoms with Crippen molar-refractivity contribution in [2.45, 2.75) is 31.5 Å². The molecule has 8 N–H and O–H groups in total. The molecule has 9 nitrogen and oxygen atoms in total. The summed E-state index contributed by atoms with van der Waals surface area (Å²) in [7, 11) is 0. The Labute approximate surface area is 171 Å². The van der Waals surface area contributed by atoms with E-state index in [0.717, 1.165) is 6.42 Å². The fourth-order valence-electron chi connectivity index (χ4n) is 1.77. The Morgan fingerprint density at radius 3 is 2.22 bits per heavy atom. The number of hydrogen-bond acceptors (Lipinski definition) is 8. The van der Waals surface area contributed by atoms with Gasteiger partial charge in [0.25, 0.3) is 0 Å². The minimum Gasteiger partial charge on any atom is -0.479 e. The molecule has 1 aromatic heterocycles. The highest BCUT2D eigenvalue weighted by Gasteiger charge is 2.35. The molecule has 0 aliphatic heterocycles. The molecule has 1 heterocycles. The molecule has 0 aliphatic carbocycles. The maximum Gasteiger partial charge on any atom is 0.340 e. The van der Waals surface area contributed by atoms with Crippen LogP contribution >= 0.6 is 34.8 Å². The van der Waals surface area contributed by atoms with E-state index in [1.165, 1.54) is 0 Å². The average molecular weight is 437 g/mol. The molecule has 1 unspecified atom stereocenters. The summed E-state index contributed by atoms with van der Waals surface area (Å²) in [4.78, 5) is 21.8. The SMILES string of the molecule is CCCC(N)C(N)(N)C(=O)O.Clc1nc(Cl)nc(Nc2ccccc2Cl)n1. The predicted octanol–water partition coefficient (Wildman–Crippen LogP) is 2.39. The summed E-state index contributed by atoms with van der Waals surface area (Å²) in [5.41, 5.74) is 14.8. The van der Waals surface area contributed by atoms with Crippen molar-refractivity contribution in [3.8, 4) is 0 Å². The van der Waals surface area contributed by atoms with E-state index in [1.54, 1.807) is 12.1 Å². The van der Waals surface area contributed by atoms with Crippen LogP contribution in [0.1, 0.15) is 19.8 Å². The molecule has 0 spiro atoms. The Balaban J connectivity index is 0.000000293. The molecule has 0 saturated heterocycles. The number of rotatable bonds is 6. The lowest BCUT2D eigenvalue weighted by Gasteiger charge is -2.25. The second-order valence-corrected chi connectivity index (χ2v) is 6.52. The first-order valence-electron chi connectivity index (χ1n) is 7.73. The van der Waals surface area contributed by atoms with E-state index in [4.69, 9.17) is 57.1 Å². The third kappa shape index (κ3) is 7.41. The van der Waals surface area contributed by atoms with Crippen LogP contribution in [0.2, 0.25) is 15.6 Å². The summed E-state index contributed by atoms with van der Waals surface area (Å²) in [5.74, 6) is -1.02. The van der Waals surface area contributed by atoms with Crippen molar-refractivity contribution in [2.75, 3.05) is 5.32 Å². The van der Waals surface area contributed by atoms with Crippen molar-refractivity contribution in [1.29, 1.82) is 0 Å². The van der Waals surface area contributed by atoms with Crippen LogP contribution in [-0.4, -0.2) is 37.7 Å². The van der Waals surface area contributed by atoms with Gasteiger partial charge in [-0.3, -0.25) is 0 Å². The Morgan fingerprint density at radius 1 is 1.19 bits per heavy atom. The van der Waals surface area contributed by atoms with Gasteiger partial charge in [0.1, 0.15) is 0 Å². The highest BCUT2D eigenvalue weighted by atomic mass is 35.5. The van der Waals surface area contributed by atoms with Gasteiger partial charge < -0.3 is 27.6 Å². The average Bonchev–Trinajstić information content (AvgIpc) is 2.56. The number of para-hydroxylation sites is 1. The van der Waals surface area contributed by atoms with Gasteiger partial charge in [0.2, 0.25) is 16.5 Å². The summed E-state index contributed by atoms with van der Waals surface area (Å²) < 4.78 is 0. The second kappa shape index (κ2) is 10.5. The Hall–Kier alpha value is -1.75. The number of benzene rings is 1. The van der Waals surface area contributed by atoms with Crippen molar-refractivity contribution < 1.29 is 9.90 Å². The van der Waals surface area contributed by atoms with Gasteiger partial charge in [-0.05, 0) is 41.8 Å². The summed E-state index contributed by atoms with van der Waals surface area (Å²) in [5, 5.41) is 12.0. The molecule has 0 fully saturated rings. The number of nitrogens with zero attached hydrogens (tertiary/aromatic N) is 3. The van der Waals surface area contributed by atoms with Crippen LogP contribution in [0.15, 0.2) is 24.3 Å². The van der Waals surface area contributed by atoms with E-state index in [9.17, 15) is 4.79 Å². The van der Waals surface area contributed by atoms with Crippen LogP contribution in [0.25, 0.3) is 0 Å². The Bertz CT molecular complexity index is 757. The van der Waals surface area contributed by atoms with Gasteiger partial charge in [-0.1, -0.05) is 37.1 Å². The standard InChI is InChI=1S/C9H5Cl3N4.C6H15N3O2/c10-5-3-1-2-4-6(5)13-9-15-7(11)14-8(12)16-9;1-2-3-4(7)6(8,9)5(10)11/h1-4H,(H,13,14,15,16);4H,2-3,7-9H2,1H3,(H,10,11). The van der Waals surface area contributed by atoms with Crippen LogP contribution in [0, 0.1) is 0 Å². The quantitative estimate of drug-likeness (QED) is 0.427. The number of carboxylic acids is 1. The minimum atomic E-state index is -1.80. The van der Waals surface area contributed by atoms with Crippen LogP contribution < -0.4 is 22.5 Å². The zero-order chi connectivity index (χ0) is 20.6. The number of anilines is 2. The van der Waals surface area contributed by atoms with Gasteiger partial charge in [0.15, 0.2) is 5.66 Å². The van der Waals surface area contributed by atoms with Crippen molar-refractivity contribution in [2.24, 2.45) is 17.2 Å².